The smallest absolute Gasteiger partial charge is 0.130 e. The van der Waals surface area contributed by atoms with Crippen molar-refractivity contribution in [2.75, 3.05) is 24.2 Å². The van der Waals surface area contributed by atoms with Crippen molar-refractivity contribution in [1.82, 2.24) is 4.98 Å². The number of rotatable bonds is 1. The molecule has 3 nitrogen and oxygen atoms in total. The molecule has 1 aliphatic rings. The van der Waals surface area contributed by atoms with Crippen LogP contribution in [0.4, 0.5) is 11.5 Å². The van der Waals surface area contributed by atoms with Crippen LogP contribution in [0.3, 0.4) is 0 Å². The van der Waals surface area contributed by atoms with Crippen LogP contribution in [-0.4, -0.2) is 18.6 Å². The summed E-state index contributed by atoms with van der Waals surface area (Å²) in [5.41, 5.74) is 2.56. The molecule has 2 N–H and O–H groups in total. The fourth-order valence-corrected chi connectivity index (χ4v) is 1.61. The highest BCUT2D eigenvalue weighted by molar-refractivity contribution is 5.62. The van der Waals surface area contributed by atoms with E-state index in [1.807, 2.05) is 19.3 Å². The van der Waals surface area contributed by atoms with Gasteiger partial charge in [-0.1, -0.05) is 0 Å². The van der Waals surface area contributed by atoms with Gasteiger partial charge >= 0.3 is 0 Å². The molecule has 64 valence electrons. The Bertz CT molecular complexity index is 269. The molecule has 0 saturated heterocycles. The monoisotopic (exact) mass is 163 g/mol. The van der Waals surface area contributed by atoms with Gasteiger partial charge in [-0.2, -0.15) is 0 Å². The number of pyridine rings is 1. The van der Waals surface area contributed by atoms with E-state index in [1.165, 1.54) is 17.7 Å². The van der Waals surface area contributed by atoms with Crippen molar-refractivity contribution in [3.05, 3.63) is 17.8 Å². The van der Waals surface area contributed by atoms with Gasteiger partial charge in [0.25, 0.3) is 0 Å². The van der Waals surface area contributed by atoms with Gasteiger partial charge in [-0.15, -0.1) is 0 Å². The molecule has 0 atom stereocenters. The Kier molecular flexibility index (Phi) is 1.86. The second-order valence-corrected chi connectivity index (χ2v) is 2.97. The largest absolute Gasteiger partial charge is 0.385 e. The molecule has 1 aliphatic heterocycles. The fraction of sp³-hybridized carbons (Fsp3) is 0.444. The highest BCUT2D eigenvalue weighted by Crippen LogP contribution is 2.26. The van der Waals surface area contributed by atoms with E-state index in [-0.39, 0.29) is 0 Å². The maximum Gasteiger partial charge on any atom is 0.130 e. The summed E-state index contributed by atoms with van der Waals surface area (Å²) in [6, 6.07) is 2.04. The van der Waals surface area contributed by atoms with E-state index >= 15 is 0 Å². The summed E-state index contributed by atoms with van der Waals surface area (Å²) in [6.45, 7) is 1.08. The predicted molar refractivity (Wildman–Crippen MR) is 50.6 cm³/mol. The third-order valence-corrected chi connectivity index (χ3v) is 2.21. The zero-order valence-electron chi connectivity index (χ0n) is 7.22. The summed E-state index contributed by atoms with van der Waals surface area (Å²) < 4.78 is 0. The van der Waals surface area contributed by atoms with Crippen LogP contribution >= 0.6 is 0 Å². The molecule has 12 heavy (non-hydrogen) atoms. The first-order chi connectivity index (χ1) is 5.92. The zero-order valence-corrected chi connectivity index (χ0v) is 7.22. The van der Waals surface area contributed by atoms with Crippen molar-refractivity contribution in [1.29, 1.82) is 0 Å². The first-order valence-corrected chi connectivity index (χ1v) is 4.31. The highest BCUT2D eigenvalue weighted by atomic mass is 15.0. The topological polar surface area (TPSA) is 37.0 Å². The lowest BCUT2D eigenvalue weighted by atomic mass is 10.1. The Morgan fingerprint density at radius 3 is 3.33 bits per heavy atom. The van der Waals surface area contributed by atoms with E-state index in [2.05, 4.69) is 15.6 Å². The van der Waals surface area contributed by atoms with Gasteiger partial charge in [0.05, 0.1) is 0 Å². The summed E-state index contributed by atoms with van der Waals surface area (Å²) in [7, 11) is 1.91. The third kappa shape index (κ3) is 1.11. The Morgan fingerprint density at radius 1 is 1.58 bits per heavy atom. The lowest BCUT2D eigenvalue weighted by Crippen LogP contribution is -2.13. The third-order valence-electron chi connectivity index (χ3n) is 2.21. The van der Waals surface area contributed by atoms with Crippen LogP contribution in [0.15, 0.2) is 12.3 Å². The number of fused-ring (bicyclic) bond motifs is 1. The summed E-state index contributed by atoms with van der Waals surface area (Å²) in [6.07, 6.45) is 4.17. The maximum absolute atomic E-state index is 4.26. The van der Waals surface area contributed by atoms with E-state index < -0.39 is 0 Å². The van der Waals surface area contributed by atoms with Gasteiger partial charge in [-0.25, -0.2) is 4.98 Å². The number of anilines is 2. The minimum Gasteiger partial charge on any atom is -0.385 e. The van der Waals surface area contributed by atoms with Crippen LogP contribution in [0.2, 0.25) is 0 Å². The van der Waals surface area contributed by atoms with Crippen LogP contribution in [0.5, 0.6) is 0 Å². The minimum atomic E-state index is 1.01. The molecule has 0 radical (unpaired) electrons. The van der Waals surface area contributed by atoms with Crippen LogP contribution in [0.25, 0.3) is 0 Å². The van der Waals surface area contributed by atoms with Crippen molar-refractivity contribution >= 4 is 11.5 Å². The molecule has 0 bridgehead atoms. The second-order valence-electron chi connectivity index (χ2n) is 2.97. The molecule has 2 heterocycles. The molecule has 1 aromatic rings. The molecule has 0 aliphatic carbocycles. The highest BCUT2D eigenvalue weighted by Gasteiger charge is 2.11. The van der Waals surface area contributed by atoms with Crippen molar-refractivity contribution in [2.24, 2.45) is 0 Å². The van der Waals surface area contributed by atoms with Gasteiger partial charge in [-0.3, -0.25) is 0 Å². The van der Waals surface area contributed by atoms with E-state index in [0.29, 0.717) is 0 Å². The first kappa shape index (κ1) is 7.40. The standard InChI is InChI=1S/C9H13N3/c1-10-9-7-3-2-5-11-8(7)4-6-12-9/h4,6,11H,2-3,5H2,1H3,(H,10,12). The Morgan fingerprint density at radius 2 is 2.50 bits per heavy atom. The van der Waals surface area contributed by atoms with Crippen LogP contribution in [0, 0.1) is 0 Å². The molecule has 2 rings (SSSR count). The molecule has 0 unspecified atom stereocenters. The van der Waals surface area contributed by atoms with Gasteiger partial charge in [0, 0.05) is 31.0 Å². The van der Waals surface area contributed by atoms with E-state index in [4.69, 9.17) is 0 Å². The molecule has 0 spiro atoms. The van der Waals surface area contributed by atoms with E-state index in [9.17, 15) is 0 Å². The van der Waals surface area contributed by atoms with Gasteiger partial charge in [0.15, 0.2) is 0 Å². The summed E-state index contributed by atoms with van der Waals surface area (Å²) in [4.78, 5) is 4.26. The minimum absolute atomic E-state index is 1.01. The summed E-state index contributed by atoms with van der Waals surface area (Å²) in [5.74, 6) is 1.01. The zero-order chi connectivity index (χ0) is 8.39. The lowest BCUT2D eigenvalue weighted by molar-refractivity contribution is 0.826. The number of aromatic nitrogens is 1. The van der Waals surface area contributed by atoms with Crippen molar-refractivity contribution in [3.8, 4) is 0 Å². The van der Waals surface area contributed by atoms with Gasteiger partial charge in [-0.05, 0) is 18.9 Å². The summed E-state index contributed by atoms with van der Waals surface area (Å²) >= 11 is 0. The molecule has 1 aromatic heterocycles. The fourth-order valence-electron chi connectivity index (χ4n) is 1.61. The SMILES string of the molecule is CNc1nccc2c1CCCN2. The van der Waals surface area contributed by atoms with E-state index in [1.54, 1.807) is 0 Å². The maximum atomic E-state index is 4.26. The van der Waals surface area contributed by atoms with Crippen LogP contribution in [0.1, 0.15) is 12.0 Å². The molecule has 0 saturated carbocycles. The molecule has 3 heteroatoms. The Labute approximate surface area is 72.2 Å². The average molecular weight is 163 g/mol. The van der Waals surface area contributed by atoms with Gasteiger partial charge < -0.3 is 10.6 Å². The quantitative estimate of drug-likeness (QED) is 0.658. The van der Waals surface area contributed by atoms with E-state index in [0.717, 1.165) is 18.8 Å². The van der Waals surface area contributed by atoms with Crippen LogP contribution < -0.4 is 10.6 Å². The lowest BCUT2D eigenvalue weighted by Gasteiger charge is -2.19. The van der Waals surface area contributed by atoms with Gasteiger partial charge in [0.1, 0.15) is 5.82 Å². The van der Waals surface area contributed by atoms with Gasteiger partial charge in [0.2, 0.25) is 0 Å². The van der Waals surface area contributed by atoms with Crippen molar-refractivity contribution in [2.45, 2.75) is 12.8 Å². The van der Waals surface area contributed by atoms with Crippen molar-refractivity contribution in [3.63, 3.8) is 0 Å². The number of hydrogen-bond donors (Lipinski definition) is 2. The first-order valence-electron chi connectivity index (χ1n) is 4.31. The molecular weight excluding hydrogens is 150 g/mol. The normalized spacial score (nSPS) is 14.8. The Balaban J connectivity index is 2.44. The molecule has 0 aromatic carbocycles. The number of nitrogens with zero attached hydrogens (tertiary/aromatic N) is 1. The molecule has 0 amide bonds. The average Bonchev–Trinajstić information content (AvgIpc) is 2.17. The number of nitrogens with one attached hydrogen (secondary N) is 2. The second kappa shape index (κ2) is 3.01. The van der Waals surface area contributed by atoms with Crippen LogP contribution in [-0.2, 0) is 6.42 Å². The molecule has 0 fully saturated rings. The number of hydrogen-bond acceptors (Lipinski definition) is 3. The molecular formula is C9H13N3. The Hall–Kier alpha value is -1.25. The predicted octanol–water partition coefficient (Wildman–Crippen LogP) is 1.48. The summed E-state index contributed by atoms with van der Waals surface area (Å²) in [5, 5.41) is 6.46. The van der Waals surface area contributed by atoms with Crippen molar-refractivity contribution < 1.29 is 0 Å².